The maximum absolute atomic E-state index is 13.8. The van der Waals surface area contributed by atoms with Gasteiger partial charge in [0.05, 0.1) is 39.4 Å². The molecule has 372 valence electrons. The zero-order valence-electron chi connectivity index (χ0n) is 39.9. The second kappa shape index (κ2) is 19.4. The predicted octanol–water partition coefficient (Wildman–Crippen LogP) is 8.81. The van der Waals surface area contributed by atoms with Crippen molar-refractivity contribution in [3.8, 4) is 0 Å². The molecule has 19 heteroatoms. The molecule has 6 rings (SSSR count). The van der Waals surface area contributed by atoms with E-state index in [9.17, 15) is 55.5 Å². The second-order valence-corrected chi connectivity index (χ2v) is 22.6. The number of hydrogen-bond donors (Lipinski definition) is 1. The number of amides is 2. The first kappa shape index (κ1) is 53.3. The van der Waals surface area contributed by atoms with Crippen molar-refractivity contribution in [2.75, 3.05) is 20.3 Å². The van der Waals surface area contributed by atoms with Crippen LogP contribution in [0.5, 0.6) is 0 Å². The van der Waals surface area contributed by atoms with Gasteiger partial charge in [-0.2, -0.15) is 21.6 Å². The third kappa shape index (κ3) is 11.3. The van der Waals surface area contributed by atoms with Gasteiger partial charge in [-0.1, -0.05) is 37.6 Å². The van der Waals surface area contributed by atoms with Gasteiger partial charge in [0.25, 0.3) is 11.8 Å². The van der Waals surface area contributed by atoms with Crippen LogP contribution in [0.4, 0.5) is 13.2 Å². The third-order valence-corrected chi connectivity index (χ3v) is 14.9. The quantitative estimate of drug-likeness (QED) is 0.0517. The number of aliphatic carboxylic acids is 1. The van der Waals surface area contributed by atoms with Crippen LogP contribution in [-0.2, 0) is 52.5 Å². The minimum Gasteiger partial charge on any atom is -0.481 e. The summed E-state index contributed by atoms with van der Waals surface area (Å²) in [5, 5.41) is 10.9. The highest BCUT2D eigenvalue weighted by molar-refractivity contribution is 7.87. The molecule has 0 spiro atoms. The summed E-state index contributed by atoms with van der Waals surface area (Å²) < 4.78 is 85.6. The number of imide groups is 1. The molecule has 3 aliphatic carbocycles. The molecular formula is C48H64F3NO14S. The molecular weight excluding hydrogens is 904 g/mol. The maximum atomic E-state index is 13.8. The van der Waals surface area contributed by atoms with Gasteiger partial charge in [-0.3, -0.25) is 28.8 Å². The highest BCUT2D eigenvalue weighted by Crippen LogP contribution is 2.60. The SMILES string of the molecule is CCC(C)(CC(C)(CC(C)(CC(C)(C)C(=O)OC1CC2CC1C1CCCC21)C(=O)OCCOC)C(=O)O)C(=O)OC(C)(C)C.O=C1c2cccc3cccc(c23)C(=O)N1OS(=O)(=O)C(F)(F)F. The van der Waals surface area contributed by atoms with Crippen LogP contribution in [0, 0.1) is 45.3 Å². The average molecular weight is 968 g/mol. The minimum absolute atomic E-state index is 0.00212. The largest absolute Gasteiger partial charge is 0.525 e. The maximum Gasteiger partial charge on any atom is 0.525 e. The number of hydroxylamine groups is 2. The average Bonchev–Trinajstić information content (AvgIpc) is 3.96. The van der Waals surface area contributed by atoms with E-state index in [0.29, 0.717) is 29.6 Å². The van der Waals surface area contributed by atoms with E-state index in [2.05, 4.69) is 4.28 Å². The molecule has 67 heavy (non-hydrogen) atoms. The fraction of sp³-hybridized carbons (Fsp3) is 0.667. The molecule has 8 atom stereocenters. The lowest BCUT2D eigenvalue weighted by Crippen LogP contribution is -2.47. The van der Waals surface area contributed by atoms with Crippen LogP contribution in [0.2, 0.25) is 0 Å². The summed E-state index contributed by atoms with van der Waals surface area (Å²) in [6, 6.07) is 8.63. The number of carbonyl (C=O) groups excluding carboxylic acids is 5. The number of carbonyl (C=O) groups is 6. The van der Waals surface area contributed by atoms with Crippen molar-refractivity contribution < 1.29 is 78.7 Å². The van der Waals surface area contributed by atoms with Crippen LogP contribution in [0.25, 0.3) is 10.8 Å². The topological polar surface area (TPSA) is 206 Å². The van der Waals surface area contributed by atoms with E-state index in [4.69, 9.17) is 18.9 Å². The molecule has 2 bridgehead atoms. The van der Waals surface area contributed by atoms with Gasteiger partial charge in [-0.25, -0.2) is 0 Å². The Morgan fingerprint density at radius 3 is 1.84 bits per heavy atom. The number of hydrogen-bond acceptors (Lipinski definition) is 13. The Labute approximate surface area is 389 Å². The van der Waals surface area contributed by atoms with Crippen molar-refractivity contribution in [3.05, 3.63) is 47.5 Å². The zero-order valence-corrected chi connectivity index (χ0v) is 40.7. The lowest BCUT2D eigenvalue weighted by atomic mass is 9.61. The predicted molar refractivity (Wildman–Crippen MR) is 236 cm³/mol. The monoisotopic (exact) mass is 967 g/mol. The molecule has 2 amide bonds. The molecule has 0 saturated heterocycles. The van der Waals surface area contributed by atoms with E-state index >= 15 is 0 Å². The number of carboxylic acid groups (broad SMARTS) is 1. The van der Waals surface area contributed by atoms with Crippen molar-refractivity contribution in [2.45, 2.75) is 137 Å². The molecule has 4 aliphatic rings. The van der Waals surface area contributed by atoms with Gasteiger partial charge in [0.2, 0.25) is 0 Å². The van der Waals surface area contributed by atoms with Crippen molar-refractivity contribution in [1.82, 2.24) is 5.06 Å². The third-order valence-electron chi connectivity index (χ3n) is 14.0. The van der Waals surface area contributed by atoms with Gasteiger partial charge in [0.15, 0.2) is 0 Å². The molecule has 2 aromatic carbocycles. The van der Waals surface area contributed by atoms with E-state index in [1.165, 1.54) is 50.6 Å². The summed E-state index contributed by atoms with van der Waals surface area (Å²) in [4.78, 5) is 78.1. The van der Waals surface area contributed by atoms with E-state index in [1.54, 1.807) is 67.5 Å². The molecule has 1 aliphatic heterocycles. The van der Waals surface area contributed by atoms with Crippen LogP contribution in [-0.4, -0.2) is 91.8 Å². The fourth-order valence-electron chi connectivity index (χ4n) is 11.0. The summed E-state index contributed by atoms with van der Waals surface area (Å²) >= 11 is 0. The van der Waals surface area contributed by atoms with Gasteiger partial charge in [-0.05, 0) is 148 Å². The summed E-state index contributed by atoms with van der Waals surface area (Å²) in [6.45, 7) is 15.8. The fourth-order valence-corrected chi connectivity index (χ4v) is 11.4. The molecule has 3 saturated carbocycles. The number of nitrogens with zero attached hydrogens (tertiary/aromatic N) is 1. The van der Waals surface area contributed by atoms with Crippen LogP contribution >= 0.6 is 0 Å². The van der Waals surface area contributed by atoms with Crippen LogP contribution < -0.4 is 0 Å². The number of ether oxygens (including phenoxy) is 4. The van der Waals surface area contributed by atoms with E-state index in [0.717, 1.165) is 18.8 Å². The van der Waals surface area contributed by atoms with Crippen molar-refractivity contribution >= 4 is 56.6 Å². The van der Waals surface area contributed by atoms with E-state index in [-0.39, 0.29) is 66.1 Å². The lowest BCUT2D eigenvalue weighted by molar-refractivity contribution is -0.175. The normalized spacial score (nSPS) is 24.1. The summed E-state index contributed by atoms with van der Waals surface area (Å²) in [7, 11) is -4.65. The first-order chi connectivity index (χ1) is 30.8. The number of esters is 3. The Kier molecular flexibility index (Phi) is 15.4. The van der Waals surface area contributed by atoms with Gasteiger partial charge < -0.3 is 24.1 Å². The smallest absolute Gasteiger partial charge is 0.481 e. The standard InChI is InChI=1S/C35H58O9.C13H6F3NO5S/c1-11-33(7,30(40)44-31(2,3)4)20-34(8,27(36)37)21-35(9,29(39)42-16-15-41-10)19-32(5,6)28(38)43-26-18-22-17-25(26)24-14-12-13-23(22)24;14-13(15,16)23(20,21)22-17-11(18)8-5-1-3-7-4-2-6-9(10(7)8)12(17)19/h22-26H,11-21H2,1-10H3,(H,36,37);1-6H. The number of rotatable bonds is 17. The van der Waals surface area contributed by atoms with Gasteiger partial charge in [0.1, 0.15) is 18.3 Å². The molecule has 0 aromatic heterocycles. The highest BCUT2D eigenvalue weighted by Gasteiger charge is 2.57. The van der Waals surface area contributed by atoms with Crippen LogP contribution in [0.3, 0.4) is 0 Å². The molecule has 8 unspecified atom stereocenters. The van der Waals surface area contributed by atoms with E-state index in [1.807, 2.05) is 6.92 Å². The van der Waals surface area contributed by atoms with Crippen molar-refractivity contribution in [1.29, 1.82) is 0 Å². The molecule has 15 nitrogen and oxygen atoms in total. The Hall–Kier alpha value is -4.62. The first-order valence-corrected chi connectivity index (χ1v) is 24.0. The van der Waals surface area contributed by atoms with Gasteiger partial charge in [0, 0.05) is 12.5 Å². The van der Waals surface area contributed by atoms with Gasteiger partial charge >= 0.3 is 39.5 Å². The molecule has 0 radical (unpaired) electrons. The molecule has 1 heterocycles. The molecule has 2 aromatic rings. The van der Waals surface area contributed by atoms with Crippen molar-refractivity contribution in [3.63, 3.8) is 0 Å². The number of carboxylic acids is 1. The van der Waals surface area contributed by atoms with E-state index < -0.39 is 72.6 Å². The minimum atomic E-state index is -6.15. The number of methoxy groups -OCH3 is 1. The van der Waals surface area contributed by atoms with Crippen LogP contribution in [0.1, 0.15) is 141 Å². The number of halogens is 3. The summed E-state index contributed by atoms with van der Waals surface area (Å²) in [6.07, 6.45) is 5.86. The zero-order chi connectivity index (χ0) is 50.3. The Balaban J connectivity index is 0.000000304. The summed E-state index contributed by atoms with van der Waals surface area (Å²) in [5.74, 6) is -2.71. The number of benzene rings is 2. The number of fused-ring (bicyclic) bond motifs is 5. The lowest BCUT2D eigenvalue weighted by Gasteiger charge is -2.42. The Morgan fingerprint density at radius 1 is 0.746 bits per heavy atom. The first-order valence-electron chi connectivity index (χ1n) is 22.6. The van der Waals surface area contributed by atoms with Crippen molar-refractivity contribution in [2.24, 2.45) is 45.3 Å². The molecule has 1 N–H and O–H groups in total. The summed E-state index contributed by atoms with van der Waals surface area (Å²) in [5.41, 5.74) is -11.9. The Morgan fingerprint density at radius 2 is 1.31 bits per heavy atom. The van der Waals surface area contributed by atoms with Gasteiger partial charge in [-0.15, -0.1) is 9.35 Å². The van der Waals surface area contributed by atoms with Crippen LogP contribution in [0.15, 0.2) is 36.4 Å². The highest BCUT2D eigenvalue weighted by atomic mass is 32.2. The second-order valence-electron chi connectivity index (χ2n) is 21.1. The Bertz CT molecular complexity index is 2310. The molecule has 3 fully saturated rings. The number of alkyl halides is 3.